The lowest BCUT2D eigenvalue weighted by Crippen LogP contribution is -2.29. The van der Waals surface area contributed by atoms with E-state index in [-0.39, 0.29) is 0 Å². The Morgan fingerprint density at radius 1 is 1.45 bits per heavy atom. The van der Waals surface area contributed by atoms with Crippen molar-refractivity contribution in [2.45, 2.75) is 25.7 Å². The van der Waals surface area contributed by atoms with Crippen molar-refractivity contribution in [2.24, 2.45) is 0 Å². The number of nitrogens with one attached hydrogen (secondary N) is 1. The van der Waals surface area contributed by atoms with E-state index in [1.54, 1.807) is 6.07 Å². The van der Waals surface area contributed by atoms with Crippen molar-refractivity contribution in [2.75, 3.05) is 13.1 Å². The van der Waals surface area contributed by atoms with E-state index in [4.69, 9.17) is 4.98 Å². The van der Waals surface area contributed by atoms with E-state index in [9.17, 15) is 9.90 Å². The minimum absolute atomic E-state index is 0.311. The topological polar surface area (TPSA) is 62.2 Å². The Morgan fingerprint density at radius 2 is 2.30 bits per heavy atom. The number of benzene rings is 1. The molecule has 2 heterocycles. The van der Waals surface area contributed by atoms with Gasteiger partial charge in [0, 0.05) is 23.5 Å². The monoisotopic (exact) mass is 270 g/mol. The Kier molecular flexibility index (Phi) is 3.40. The van der Waals surface area contributed by atoms with Gasteiger partial charge in [-0.3, -0.25) is 4.98 Å². The maximum atomic E-state index is 11.5. The summed E-state index contributed by atoms with van der Waals surface area (Å²) < 4.78 is 0. The predicted octanol–water partition coefficient (Wildman–Crippen LogP) is 2.71. The lowest BCUT2D eigenvalue weighted by molar-refractivity contribution is 0.0699. The minimum Gasteiger partial charge on any atom is -0.478 e. The highest BCUT2D eigenvalue weighted by Crippen LogP contribution is 2.27. The predicted molar refractivity (Wildman–Crippen MR) is 78.3 cm³/mol. The molecule has 1 aliphatic heterocycles. The van der Waals surface area contributed by atoms with Gasteiger partial charge in [0.25, 0.3) is 0 Å². The second kappa shape index (κ2) is 5.21. The molecule has 3 rings (SSSR count). The zero-order chi connectivity index (χ0) is 14.1. The van der Waals surface area contributed by atoms with Gasteiger partial charge in [-0.15, -0.1) is 0 Å². The molecule has 104 valence electrons. The number of nitrogens with zero attached hydrogens (tertiary/aromatic N) is 1. The number of hydrogen-bond acceptors (Lipinski definition) is 3. The highest BCUT2D eigenvalue weighted by Gasteiger charge is 2.20. The SMILES string of the molecule is Cc1cccc2c(C(=O)O)cc(C3CCCNC3)nc12. The van der Waals surface area contributed by atoms with Gasteiger partial charge in [-0.05, 0) is 37.9 Å². The van der Waals surface area contributed by atoms with E-state index < -0.39 is 5.97 Å². The number of para-hydroxylation sites is 1. The zero-order valence-corrected chi connectivity index (χ0v) is 11.5. The molecule has 0 radical (unpaired) electrons. The standard InChI is InChI=1S/C16H18N2O2/c1-10-4-2-6-12-13(16(19)20)8-14(18-15(10)12)11-5-3-7-17-9-11/h2,4,6,8,11,17H,3,5,7,9H2,1H3,(H,19,20). The second-order valence-corrected chi connectivity index (χ2v) is 5.41. The number of carboxylic acid groups (broad SMARTS) is 1. The second-order valence-electron chi connectivity index (χ2n) is 5.41. The number of rotatable bonds is 2. The van der Waals surface area contributed by atoms with Crippen molar-refractivity contribution in [3.05, 3.63) is 41.1 Å². The van der Waals surface area contributed by atoms with E-state index in [1.807, 2.05) is 25.1 Å². The Morgan fingerprint density at radius 3 is 3.00 bits per heavy atom. The van der Waals surface area contributed by atoms with Gasteiger partial charge in [0.05, 0.1) is 11.1 Å². The van der Waals surface area contributed by atoms with E-state index in [2.05, 4.69) is 5.32 Å². The molecule has 1 saturated heterocycles. The Bertz CT molecular complexity index is 661. The summed E-state index contributed by atoms with van der Waals surface area (Å²) in [5.74, 6) is -0.570. The third kappa shape index (κ3) is 2.27. The van der Waals surface area contributed by atoms with Gasteiger partial charge in [0.1, 0.15) is 0 Å². The molecule has 1 aliphatic rings. The first-order chi connectivity index (χ1) is 9.66. The number of aromatic carboxylic acids is 1. The van der Waals surface area contributed by atoms with Crippen molar-refractivity contribution in [3.63, 3.8) is 0 Å². The Balaban J connectivity index is 2.18. The molecule has 2 N–H and O–H groups in total. The molecule has 4 heteroatoms. The van der Waals surface area contributed by atoms with Gasteiger partial charge >= 0.3 is 5.97 Å². The summed E-state index contributed by atoms with van der Waals surface area (Å²) in [6.45, 7) is 3.89. The van der Waals surface area contributed by atoms with Crippen LogP contribution in [0, 0.1) is 6.92 Å². The number of piperidine rings is 1. The third-order valence-electron chi connectivity index (χ3n) is 4.01. The molecular formula is C16H18N2O2. The number of aryl methyl sites for hydroxylation is 1. The van der Waals surface area contributed by atoms with E-state index >= 15 is 0 Å². The van der Waals surface area contributed by atoms with Crippen molar-refractivity contribution in [1.29, 1.82) is 0 Å². The van der Waals surface area contributed by atoms with Gasteiger partial charge < -0.3 is 10.4 Å². The summed E-state index contributed by atoms with van der Waals surface area (Å²) in [6, 6.07) is 7.45. The quantitative estimate of drug-likeness (QED) is 0.880. The zero-order valence-electron chi connectivity index (χ0n) is 11.5. The molecule has 1 aromatic heterocycles. The molecule has 1 fully saturated rings. The van der Waals surface area contributed by atoms with Crippen molar-refractivity contribution in [1.82, 2.24) is 10.3 Å². The van der Waals surface area contributed by atoms with Crippen LogP contribution in [0.25, 0.3) is 10.9 Å². The fourth-order valence-electron chi connectivity index (χ4n) is 2.90. The molecule has 0 aliphatic carbocycles. The Hall–Kier alpha value is -1.94. The maximum absolute atomic E-state index is 11.5. The van der Waals surface area contributed by atoms with Crippen LogP contribution in [0.15, 0.2) is 24.3 Å². The van der Waals surface area contributed by atoms with E-state index in [0.717, 1.165) is 48.1 Å². The number of hydrogen-bond donors (Lipinski definition) is 2. The van der Waals surface area contributed by atoms with E-state index in [0.29, 0.717) is 11.5 Å². The van der Waals surface area contributed by atoms with Crippen LogP contribution in [-0.4, -0.2) is 29.1 Å². The molecule has 0 spiro atoms. The average Bonchev–Trinajstić information content (AvgIpc) is 2.47. The number of pyridine rings is 1. The molecule has 1 aromatic carbocycles. The minimum atomic E-state index is -0.881. The fraction of sp³-hybridized carbons (Fsp3) is 0.375. The summed E-state index contributed by atoms with van der Waals surface area (Å²) in [5, 5.41) is 13.5. The van der Waals surface area contributed by atoms with Crippen LogP contribution in [0.3, 0.4) is 0 Å². The van der Waals surface area contributed by atoms with Crippen LogP contribution in [0.2, 0.25) is 0 Å². The first-order valence-electron chi connectivity index (χ1n) is 7.01. The van der Waals surface area contributed by atoms with Crippen LogP contribution in [-0.2, 0) is 0 Å². The highest BCUT2D eigenvalue weighted by atomic mass is 16.4. The number of fused-ring (bicyclic) bond motifs is 1. The van der Waals surface area contributed by atoms with Crippen molar-refractivity contribution < 1.29 is 9.90 Å². The normalized spacial score (nSPS) is 19.1. The van der Waals surface area contributed by atoms with Crippen molar-refractivity contribution in [3.8, 4) is 0 Å². The Labute approximate surface area is 117 Å². The largest absolute Gasteiger partial charge is 0.478 e. The van der Waals surface area contributed by atoms with Gasteiger partial charge in [-0.25, -0.2) is 4.79 Å². The average molecular weight is 270 g/mol. The fourth-order valence-corrected chi connectivity index (χ4v) is 2.90. The lowest BCUT2D eigenvalue weighted by atomic mass is 9.93. The molecule has 4 nitrogen and oxygen atoms in total. The summed E-state index contributed by atoms with van der Waals surface area (Å²) in [7, 11) is 0. The van der Waals surface area contributed by atoms with Crippen LogP contribution in [0.4, 0.5) is 0 Å². The molecule has 0 saturated carbocycles. The summed E-state index contributed by atoms with van der Waals surface area (Å²) in [4.78, 5) is 16.3. The molecule has 1 atom stereocenters. The first kappa shape index (κ1) is 13.1. The maximum Gasteiger partial charge on any atom is 0.336 e. The summed E-state index contributed by atoms with van der Waals surface area (Å²) in [5.41, 5.74) is 3.10. The first-order valence-corrected chi connectivity index (χ1v) is 7.01. The number of carbonyl (C=O) groups is 1. The van der Waals surface area contributed by atoms with Gasteiger partial charge in [0.15, 0.2) is 0 Å². The molecule has 0 amide bonds. The summed E-state index contributed by atoms with van der Waals surface area (Å²) in [6.07, 6.45) is 2.18. The van der Waals surface area contributed by atoms with Crippen LogP contribution >= 0.6 is 0 Å². The highest BCUT2D eigenvalue weighted by molar-refractivity contribution is 6.03. The van der Waals surface area contributed by atoms with Crippen LogP contribution in [0.1, 0.15) is 40.4 Å². The smallest absolute Gasteiger partial charge is 0.336 e. The van der Waals surface area contributed by atoms with Crippen molar-refractivity contribution >= 4 is 16.9 Å². The molecule has 2 aromatic rings. The lowest BCUT2D eigenvalue weighted by Gasteiger charge is -2.23. The van der Waals surface area contributed by atoms with Gasteiger partial charge in [-0.1, -0.05) is 18.2 Å². The summed E-state index contributed by atoms with van der Waals surface area (Å²) >= 11 is 0. The van der Waals surface area contributed by atoms with Crippen LogP contribution in [0.5, 0.6) is 0 Å². The molecule has 1 unspecified atom stereocenters. The van der Waals surface area contributed by atoms with Gasteiger partial charge in [-0.2, -0.15) is 0 Å². The number of aromatic nitrogens is 1. The molecule has 0 bridgehead atoms. The number of carboxylic acids is 1. The molecular weight excluding hydrogens is 252 g/mol. The van der Waals surface area contributed by atoms with Gasteiger partial charge in [0.2, 0.25) is 0 Å². The van der Waals surface area contributed by atoms with E-state index in [1.165, 1.54) is 0 Å². The van der Waals surface area contributed by atoms with Crippen LogP contribution < -0.4 is 5.32 Å². The molecule has 20 heavy (non-hydrogen) atoms. The third-order valence-corrected chi connectivity index (χ3v) is 4.01.